The molecule has 1 aromatic heterocycles. The van der Waals surface area contributed by atoms with Gasteiger partial charge in [0.25, 0.3) is 0 Å². The van der Waals surface area contributed by atoms with Gasteiger partial charge < -0.3 is 0 Å². The third-order valence-electron chi connectivity index (χ3n) is 4.36. The van der Waals surface area contributed by atoms with Crippen molar-refractivity contribution in [3.8, 4) is 0 Å². The maximum absolute atomic E-state index is 13.0. The van der Waals surface area contributed by atoms with Crippen LogP contribution in [-0.4, -0.2) is 39.7 Å². The summed E-state index contributed by atoms with van der Waals surface area (Å²) in [4.78, 5) is 3.87. The molecule has 0 unspecified atom stereocenters. The smallest absolute Gasteiger partial charge is 0.244 e. The Labute approximate surface area is 175 Å². The first-order chi connectivity index (χ1) is 13.7. The molecular formula is C20H19ClN2O4S2. The van der Waals surface area contributed by atoms with E-state index < -0.39 is 19.9 Å². The Morgan fingerprint density at radius 2 is 1.59 bits per heavy atom. The molecule has 9 heteroatoms. The number of benzene rings is 2. The van der Waals surface area contributed by atoms with E-state index in [9.17, 15) is 16.8 Å². The lowest BCUT2D eigenvalue weighted by Gasteiger charge is -2.18. The van der Waals surface area contributed by atoms with Gasteiger partial charge in [0.05, 0.1) is 14.8 Å². The topological polar surface area (TPSA) is 84.4 Å². The predicted molar refractivity (Wildman–Crippen MR) is 111 cm³/mol. The summed E-state index contributed by atoms with van der Waals surface area (Å²) >= 11 is 6.13. The molecule has 6 nitrogen and oxygen atoms in total. The summed E-state index contributed by atoms with van der Waals surface area (Å²) in [6, 6.07) is 16.9. The monoisotopic (exact) mass is 450 g/mol. The molecule has 0 bridgehead atoms. The van der Waals surface area contributed by atoms with Crippen LogP contribution in [0, 0.1) is 0 Å². The first-order valence-electron chi connectivity index (χ1n) is 8.69. The summed E-state index contributed by atoms with van der Waals surface area (Å²) in [5.41, 5.74) is 0.751. The van der Waals surface area contributed by atoms with Gasteiger partial charge in [0.2, 0.25) is 19.9 Å². The van der Waals surface area contributed by atoms with Gasteiger partial charge in [-0.05, 0) is 42.5 Å². The van der Waals surface area contributed by atoms with Gasteiger partial charge in [0.15, 0.2) is 0 Å². The molecule has 2 aromatic carbocycles. The Morgan fingerprint density at radius 1 is 0.897 bits per heavy atom. The summed E-state index contributed by atoms with van der Waals surface area (Å²) in [6.07, 6.45) is 2.05. The first-order valence-corrected chi connectivity index (χ1v) is 12.0. The molecule has 0 aliphatic heterocycles. The van der Waals surface area contributed by atoms with Crippen LogP contribution in [0.2, 0.25) is 5.02 Å². The number of pyridine rings is 1. The number of hydrogen-bond acceptors (Lipinski definition) is 5. The van der Waals surface area contributed by atoms with Crippen LogP contribution in [-0.2, 0) is 26.3 Å². The normalized spacial score (nSPS) is 12.2. The van der Waals surface area contributed by atoms with Crippen LogP contribution in [0.4, 0.5) is 0 Å². The van der Waals surface area contributed by atoms with Crippen molar-refractivity contribution in [3.05, 3.63) is 83.6 Å². The molecule has 0 amide bonds. The second-order valence-corrected chi connectivity index (χ2v) is 10.7. The summed E-state index contributed by atoms with van der Waals surface area (Å²) in [7, 11) is -6.44. The van der Waals surface area contributed by atoms with E-state index in [4.69, 9.17) is 11.6 Å². The second kappa shape index (κ2) is 8.62. The molecule has 152 valence electrons. The molecule has 29 heavy (non-hydrogen) atoms. The van der Waals surface area contributed by atoms with E-state index in [1.54, 1.807) is 36.5 Å². The zero-order valence-corrected chi connectivity index (χ0v) is 18.0. The number of likely N-dealkylation sites (N-methyl/N-ethyl adjacent to an activating group) is 1. The Bertz CT molecular complexity index is 1200. The molecule has 0 aliphatic rings. The van der Waals surface area contributed by atoms with E-state index in [2.05, 4.69) is 4.98 Å². The summed E-state index contributed by atoms with van der Waals surface area (Å²) in [6.45, 7) is 0.172. The lowest BCUT2D eigenvalue weighted by atomic mass is 10.3. The summed E-state index contributed by atoms with van der Waals surface area (Å²) in [5, 5.41) is -0.0401. The van der Waals surface area contributed by atoms with Crippen LogP contribution in [0.15, 0.2) is 87.6 Å². The minimum Gasteiger partial charge on any atom is -0.261 e. The van der Waals surface area contributed by atoms with Crippen molar-refractivity contribution in [2.75, 3.05) is 13.6 Å². The fraction of sp³-hybridized carbons (Fsp3) is 0.150. The lowest BCUT2D eigenvalue weighted by molar-refractivity contribution is 0.471. The van der Waals surface area contributed by atoms with E-state index in [0.717, 1.165) is 16.1 Å². The van der Waals surface area contributed by atoms with Gasteiger partial charge in [0, 0.05) is 31.9 Å². The second-order valence-electron chi connectivity index (χ2n) is 6.31. The van der Waals surface area contributed by atoms with Crippen LogP contribution in [0.1, 0.15) is 5.69 Å². The average Bonchev–Trinajstić information content (AvgIpc) is 2.73. The summed E-state index contributed by atoms with van der Waals surface area (Å²) < 4.78 is 52.9. The standard InChI is InChI=1S/C20H19ClN2O4S2/c1-23(14-12-16-7-5-6-13-22-16)29(26,27)20-15-18(10-11-19(20)21)28(24,25)17-8-3-2-4-9-17/h2-11,13,15H,12,14H2,1H3. The molecule has 1 heterocycles. The van der Waals surface area contributed by atoms with Crippen LogP contribution in [0.25, 0.3) is 0 Å². The maximum Gasteiger partial charge on any atom is 0.244 e. The van der Waals surface area contributed by atoms with Crippen LogP contribution >= 0.6 is 11.6 Å². The molecule has 0 atom stereocenters. The number of rotatable bonds is 7. The highest BCUT2D eigenvalue weighted by Crippen LogP contribution is 2.29. The number of halogens is 1. The van der Waals surface area contributed by atoms with E-state index in [1.165, 1.54) is 31.3 Å². The van der Waals surface area contributed by atoms with Gasteiger partial charge in [-0.25, -0.2) is 21.1 Å². The molecule has 0 radical (unpaired) electrons. The Hall–Kier alpha value is -2.26. The minimum absolute atomic E-state index is 0.0401. The number of sulfone groups is 1. The van der Waals surface area contributed by atoms with Crippen LogP contribution < -0.4 is 0 Å². The van der Waals surface area contributed by atoms with Gasteiger partial charge in [-0.2, -0.15) is 0 Å². The third kappa shape index (κ3) is 4.67. The Morgan fingerprint density at radius 3 is 2.24 bits per heavy atom. The fourth-order valence-electron chi connectivity index (χ4n) is 2.69. The van der Waals surface area contributed by atoms with Crippen molar-refractivity contribution in [1.82, 2.24) is 9.29 Å². The third-order valence-corrected chi connectivity index (χ3v) is 8.47. The average molecular weight is 451 g/mol. The fourth-order valence-corrected chi connectivity index (χ4v) is 5.74. The molecule has 0 N–H and O–H groups in total. The van der Waals surface area contributed by atoms with Gasteiger partial charge in [-0.3, -0.25) is 4.98 Å². The number of nitrogens with zero attached hydrogens (tertiary/aromatic N) is 2. The van der Waals surface area contributed by atoms with Crippen molar-refractivity contribution < 1.29 is 16.8 Å². The predicted octanol–water partition coefficient (Wildman–Crippen LogP) is 3.43. The van der Waals surface area contributed by atoms with Crippen LogP contribution in [0.5, 0.6) is 0 Å². The van der Waals surface area contributed by atoms with Gasteiger partial charge in [0.1, 0.15) is 4.90 Å². The van der Waals surface area contributed by atoms with E-state index in [0.29, 0.717) is 6.42 Å². The number of aromatic nitrogens is 1. The maximum atomic E-state index is 13.0. The van der Waals surface area contributed by atoms with Crippen molar-refractivity contribution in [1.29, 1.82) is 0 Å². The van der Waals surface area contributed by atoms with Crippen LogP contribution in [0.3, 0.4) is 0 Å². The van der Waals surface area contributed by atoms with Crippen molar-refractivity contribution >= 4 is 31.5 Å². The van der Waals surface area contributed by atoms with Crippen molar-refractivity contribution in [2.24, 2.45) is 0 Å². The van der Waals surface area contributed by atoms with Gasteiger partial charge in [-0.15, -0.1) is 0 Å². The van der Waals surface area contributed by atoms with Crippen molar-refractivity contribution in [3.63, 3.8) is 0 Å². The number of sulfonamides is 1. The summed E-state index contributed by atoms with van der Waals surface area (Å²) in [5.74, 6) is 0. The first kappa shape index (κ1) is 21.4. The molecule has 0 saturated heterocycles. The van der Waals surface area contributed by atoms with Crippen molar-refractivity contribution in [2.45, 2.75) is 21.1 Å². The highest BCUT2D eigenvalue weighted by atomic mass is 35.5. The quantitative estimate of drug-likeness (QED) is 0.550. The Balaban J connectivity index is 1.92. The molecule has 0 aliphatic carbocycles. The van der Waals surface area contributed by atoms with Gasteiger partial charge >= 0.3 is 0 Å². The lowest BCUT2D eigenvalue weighted by Crippen LogP contribution is -2.29. The van der Waals surface area contributed by atoms with E-state index >= 15 is 0 Å². The SMILES string of the molecule is CN(CCc1ccccn1)S(=O)(=O)c1cc(S(=O)(=O)c2ccccc2)ccc1Cl. The molecule has 0 spiro atoms. The zero-order valence-electron chi connectivity index (χ0n) is 15.6. The van der Waals surface area contributed by atoms with Gasteiger partial charge in [-0.1, -0.05) is 35.9 Å². The van der Waals surface area contributed by atoms with E-state index in [1.807, 2.05) is 6.07 Å². The van der Waals surface area contributed by atoms with E-state index in [-0.39, 0.29) is 26.3 Å². The molecule has 3 aromatic rings. The molecule has 0 saturated carbocycles. The largest absolute Gasteiger partial charge is 0.261 e. The molecule has 0 fully saturated rings. The minimum atomic E-state index is -4.00. The molecular weight excluding hydrogens is 432 g/mol. The number of hydrogen-bond donors (Lipinski definition) is 0. The molecule has 3 rings (SSSR count). The highest BCUT2D eigenvalue weighted by molar-refractivity contribution is 7.91. The highest BCUT2D eigenvalue weighted by Gasteiger charge is 2.27. The zero-order chi connectivity index (χ0) is 21.1. The Kier molecular flexibility index (Phi) is 6.38.